The molecule has 2 aromatic carbocycles. The molecule has 1 saturated heterocycles. The topological polar surface area (TPSA) is 47.6 Å². The van der Waals surface area contributed by atoms with Crippen molar-refractivity contribution < 1.29 is 42.7 Å². The zero-order valence-electron chi connectivity index (χ0n) is 18.2. The second kappa shape index (κ2) is 10.7. The van der Waals surface area contributed by atoms with Gasteiger partial charge >= 0.3 is 0 Å². The highest BCUT2D eigenvalue weighted by Gasteiger charge is 2.30. The number of hydrogen-bond acceptors (Lipinski definition) is 3. The van der Waals surface area contributed by atoms with Gasteiger partial charge in [0.1, 0.15) is 18.9 Å². The minimum Gasteiger partial charge on any atom is -1.00 e. The van der Waals surface area contributed by atoms with Gasteiger partial charge in [-0.3, -0.25) is 4.79 Å². The zero-order valence-corrected chi connectivity index (χ0v) is 21.8. The van der Waals surface area contributed by atoms with Crippen LogP contribution in [0, 0.1) is 0 Å². The molecule has 1 fully saturated rings. The monoisotopic (exact) mass is 588 g/mol. The Hall–Kier alpha value is -1.32. The fourth-order valence-electron chi connectivity index (χ4n) is 4.21. The zero-order chi connectivity index (χ0) is 22.0. The largest absolute Gasteiger partial charge is 1.00 e. The van der Waals surface area contributed by atoms with Crippen molar-refractivity contribution >= 4 is 40.9 Å². The predicted octanol–water partition coefficient (Wildman–Crippen LogP) is 2.17. The van der Waals surface area contributed by atoms with E-state index in [2.05, 4.69) is 31.5 Å². The molecule has 0 aromatic heterocycles. The number of benzene rings is 2. The molecule has 0 radical (unpaired) electrons. The van der Waals surface area contributed by atoms with E-state index in [0.717, 1.165) is 42.8 Å². The van der Waals surface area contributed by atoms with Crippen LogP contribution < -0.4 is 34.0 Å². The van der Waals surface area contributed by atoms with E-state index in [0.29, 0.717) is 33.0 Å². The number of carbonyl (C=O) groups is 1. The van der Waals surface area contributed by atoms with E-state index in [4.69, 9.17) is 32.7 Å². The Morgan fingerprint density at radius 2 is 1.81 bits per heavy atom. The standard InChI is InChI=1S/C24H26Cl2N2O3.HI/c1-28(2,20-7-9-30-10-8-20)14-16-3-5-19(6-4-16)27-24(29)17-11-21-22(26)12-18(25)13-23(21)31-15-17;/h3-6,11-13,20H,7-10,14-15H2,1-2H3;1H. The molecule has 0 atom stereocenters. The van der Waals surface area contributed by atoms with Crippen molar-refractivity contribution in [3.63, 3.8) is 0 Å². The lowest BCUT2D eigenvalue weighted by molar-refractivity contribution is -0.929. The third kappa shape index (κ3) is 5.97. The number of halogens is 3. The van der Waals surface area contributed by atoms with Gasteiger partial charge in [0.05, 0.1) is 43.9 Å². The van der Waals surface area contributed by atoms with Gasteiger partial charge < -0.3 is 43.3 Å². The Bertz CT molecular complexity index is 1000. The van der Waals surface area contributed by atoms with E-state index in [1.165, 1.54) is 5.56 Å². The molecule has 1 amide bonds. The van der Waals surface area contributed by atoms with E-state index >= 15 is 0 Å². The molecule has 8 heteroatoms. The highest BCUT2D eigenvalue weighted by Crippen LogP contribution is 2.35. The van der Waals surface area contributed by atoms with Crippen molar-refractivity contribution in [1.82, 2.24) is 0 Å². The van der Waals surface area contributed by atoms with E-state index < -0.39 is 0 Å². The van der Waals surface area contributed by atoms with Crippen molar-refractivity contribution in [3.05, 3.63) is 63.1 Å². The summed E-state index contributed by atoms with van der Waals surface area (Å²) in [6, 6.07) is 12.0. The Labute approximate surface area is 216 Å². The van der Waals surface area contributed by atoms with Crippen LogP contribution in [0.1, 0.15) is 24.0 Å². The summed E-state index contributed by atoms with van der Waals surface area (Å²) < 4.78 is 12.1. The fourth-order valence-corrected chi connectivity index (χ4v) is 4.74. The third-order valence-corrected chi connectivity index (χ3v) is 6.56. The summed E-state index contributed by atoms with van der Waals surface area (Å²) in [6.45, 7) is 2.80. The lowest BCUT2D eigenvalue weighted by Crippen LogP contribution is -3.00. The number of hydrogen-bond donors (Lipinski definition) is 1. The average Bonchev–Trinajstić information content (AvgIpc) is 2.75. The maximum absolute atomic E-state index is 12.7. The molecule has 2 aliphatic rings. The average molecular weight is 589 g/mol. The van der Waals surface area contributed by atoms with Gasteiger partial charge in [0.25, 0.3) is 5.91 Å². The molecule has 0 spiro atoms. The predicted molar refractivity (Wildman–Crippen MR) is 125 cm³/mol. The molecule has 4 rings (SSSR count). The second-order valence-corrected chi connectivity index (χ2v) is 9.53. The minimum atomic E-state index is -0.206. The molecule has 1 N–H and O–H groups in total. The molecule has 0 aliphatic carbocycles. The van der Waals surface area contributed by atoms with Crippen molar-refractivity contribution in [2.24, 2.45) is 0 Å². The van der Waals surface area contributed by atoms with Gasteiger partial charge in [-0.05, 0) is 30.3 Å². The van der Waals surface area contributed by atoms with Crippen LogP contribution in [0.25, 0.3) is 6.08 Å². The summed E-state index contributed by atoms with van der Waals surface area (Å²) in [5.74, 6) is 0.381. The molecule has 172 valence electrons. The summed E-state index contributed by atoms with van der Waals surface area (Å²) in [7, 11) is 4.55. The van der Waals surface area contributed by atoms with E-state index in [1.54, 1.807) is 18.2 Å². The quantitative estimate of drug-likeness (QED) is 0.430. The summed E-state index contributed by atoms with van der Waals surface area (Å²) >= 11 is 12.3. The van der Waals surface area contributed by atoms with Crippen LogP contribution in [0.5, 0.6) is 5.75 Å². The van der Waals surface area contributed by atoms with Crippen molar-refractivity contribution in [1.29, 1.82) is 0 Å². The summed E-state index contributed by atoms with van der Waals surface area (Å²) in [6.07, 6.45) is 3.95. The van der Waals surface area contributed by atoms with Crippen LogP contribution in [0.4, 0.5) is 5.69 Å². The Morgan fingerprint density at radius 1 is 1.12 bits per heavy atom. The van der Waals surface area contributed by atoms with Crippen molar-refractivity contribution in [2.75, 3.05) is 39.2 Å². The highest BCUT2D eigenvalue weighted by molar-refractivity contribution is 6.36. The molecular formula is C24H27Cl2IN2O3. The number of rotatable bonds is 5. The first-order valence-corrected chi connectivity index (χ1v) is 11.2. The van der Waals surface area contributed by atoms with Crippen LogP contribution in [0.2, 0.25) is 10.0 Å². The second-order valence-electron chi connectivity index (χ2n) is 8.69. The molecule has 0 unspecified atom stereocenters. The van der Waals surface area contributed by atoms with Crippen LogP contribution in [-0.2, 0) is 16.1 Å². The van der Waals surface area contributed by atoms with Crippen molar-refractivity contribution in [2.45, 2.75) is 25.4 Å². The van der Waals surface area contributed by atoms with Crippen LogP contribution >= 0.6 is 23.2 Å². The maximum Gasteiger partial charge on any atom is 0.255 e. The number of ether oxygens (including phenoxy) is 2. The lowest BCUT2D eigenvalue weighted by atomic mass is 10.0. The molecule has 0 bridgehead atoms. The Kier molecular flexibility index (Phi) is 8.49. The number of nitrogens with zero attached hydrogens (tertiary/aromatic N) is 1. The maximum atomic E-state index is 12.7. The third-order valence-electron chi connectivity index (χ3n) is 6.03. The van der Waals surface area contributed by atoms with Gasteiger partial charge in [-0.25, -0.2) is 0 Å². The number of quaternary nitrogens is 1. The summed E-state index contributed by atoms with van der Waals surface area (Å²) in [4.78, 5) is 12.7. The fraction of sp³-hybridized carbons (Fsp3) is 0.375. The van der Waals surface area contributed by atoms with Gasteiger partial charge in [0, 0.05) is 34.7 Å². The smallest absolute Gasteiger partial charge is 0.255 e. The molecule has 2 heterocycles. The first kappa shape index (κ1) is 25.3. The summed E-state index contributed by atoms with van der Waals surface area (Å²) in [5, 5.41) is 3.91. The molecule has 2 aliphatic heterocycles. The number of amides is 1. The molecule has 32 heavy (non-hydrogen) atoms. The SMILES string of the molecule is C[N+](C)(Cc1ccc(NC(=O)C2=Cc3c(Cl)cc(Cl)cc3OC2)cc1)C1CCOCC1.[I-]. The molecule has 0 saturated carbocycles. The molecule has 2 aromatic rings. The number of anilines is 1. The Balaban J connectivity index is 0.00000289. The normalized spacial score (nSPS) is 16.3. The highest BCUT2D eigenvalue weighted by atomic mass is 127. The van der Waals surface area contributed by atoms with Gasteiger partial charge in [-0.15, -0.1) is 0 Å². The molecule has 5 nitrogen and oxygen atoms in total. The van der Waals surface area contributed by atoms with Crippen molar-refractivity contribution in [3.8, 4) is 5.75 Å². The van der Waals surface area contributed by atoms with Gasteiger partial charge in [-0.2, -0.15) is 0 Å². The van der Waals surface area contributed by atoms with E-state index in [-0.39, 0.29) is 36.5 Å². The lowest BCUT2D eigenvalue weighted by Gasteiger charge is -2.40. The van der Waals surface area contributed by atoms with E-state index in [9.17, 15) is 4.79 Å². The van der Waals surface area contributed by atoms with Gasteiger partial charge in [-0.1, -0.05) is 35.3 Å². The van der Waals surface area contributed by atoms with E-state index in [1.807, 2.05) is 12.1 Å². The first-order chi connectivity index (χ1) is 14.8. The number of fused-ring (bicyclic) bond motifs is 1. The Morgan fingerprint density at radius 3 is 2.50 bits per heavy atom. The van der Waals surface area contributed by atoms with Crippen LogP contribution in [0.3, 0.4) is 0 Å². The first-order valence-electron chi connectivity index (χ1n) is 10.4. The van der Waals surface area contributed by atoms with Gasteiger partial charge in [0.2, 0.25) is 0 Å². The van der Waals surface area contributed by atoms with Gasteiger partial charge in [0.15, 0.2) is 0 Å². The summed E-state index contributed by atoms with van der Waals surface area (Å²) in [5.41, 5.74) is 3.18. The van der Waals surface area contributed by atoms with Crippen LogP contribution in [0.15, 0.2) is 42.0 Å². The molecular weight excluding hydrogens is 562 g/mol. The number of carbonyl (C=O) groups excluding carboxylic acids is 1. The minimum absolute atomic E-state index is 0. The van der Waals surface area contributed by atoms with Crippen LogP contribution in [-0.4, -0.2) is 50.3 Å². The number of nitrogens with one attached hydrogen (secondary N) is 1.